The van der Waals surface area contributed by atoms with Crippen molar-refractivity contribution in [3.63, 3.8) is 0 Å². The van der Waals surface area contributed by atoms with Gasteiger partial charge in [0.25, 0.3) is 0 Å². The fourth-order valence-corrected chi connectivity index (χ4v) is 2.72. The molecule has 0 bridgehead atoms. The smallest absolute Gasteiger partial charge is 0.130 e. The van der Waals surface area contributed by atoms with E-state index >= 15 is 0 Å². The monoisotopic (exact) mass is 242 g/mol. The Labute approximate surface area is 82.8 Å². The van der Waals surface area contributed by atoms with Gasteiger partial charge in [0.05, 0.1) is 4.47 Å². The summed E-state index contributed by atoms with van der Waals surface area (Å²) in [4.78, 5) is 0. The summed E-state index contributed by atoms with van der Waals surface area (Å²) in [6.45, 7) is 2.00. The molecule has 0 atom stereocenters. The molecule has 0 fully saturated rings. The van der Waals surface area contributed by atoms with Crippen LogP contribution in [0.1, 0.15) is 5.56 Å². The highest BCUT2D eigenvalue weighted by Gasteiger charge is 2.07. The summed E-state index contributed by atoms with van der Waals surface area (Å²) >= 11 is 5.05. The zero-order valence-corrected chi connectivity index (χ0v) is 8.87. The minimum Gasteiger partial charge on any atom is -0.507 e. The summed E-state index contributed by atoms with van der Waals surface area (Å²) in [6, 6.07) is 3.79. The lowest BCUT2D eigenvalue weighted by Gasteiger charge is -2.01. The van der Waals surface area contributed by atoms with Gasteiger partial charge >= 0.3 is 0 Å². The average molecular weight is 243 g/mol. The van der Waals surface area contributed by atoms with Crippen LogP contribution >= 0.6 is 27.3 Å². The van der Waals surface area contributed by atoms with Crippen molar-refractivity contribution in [2.75, 3.05) is 0 Å². The molecule has 0 unspecified atom stereocenters. The van der Waals surface area contributed by atoms with E-state index in [4.69, 9.17) is 0 Å². The van der Waals surface area contributed by atoms with Crippen LogP contribution in [0, 0.1) is 6.92 Å². The highest BCUT2D eigenvalue weighted by molar-refractivity contribution is 9.10. The van der Waals surface area contributed by atoms with Crippen molar-refractivity contribution in [3.8, 4) is 5.75 Å². The van der Waals surface area contributed by atoms with Crippen molar-refractivity contribution >= 4 is 37.4 Å². The molecule has 1 nitrogen and oxygen atoms in total. The van der Waals surface area contributed by atoms with E-state index in [2.05, 4.69) is 15.9 Å². The van der Waals surface area contributed by atoms with E-state index in [1.54, 1.807) is 17.4 Å². The molecule has 1 aromatic heterocycles. The number of aromatic hydroxyl groups is 1. The van der Waals surface area contributed by atoms with Gasteiger partial charge in [-0.05, 0) is 45.9 Å². The van der Waals surface area contributed by atoms with Crippen molar-refractivity contribution < 1.29 is 5.11 Å². The van der Waals surface area contributed by atoms with Gasteiger partial charge < -0.3 is 5.11 Å². The van der Waals surface area contributed by atoms with Crippen LogP contribution < -0.4 is 0 Å². The standard InChI is InChI=1S/C9H7BrOS/c1-5-4-7(11)8(10)6-2-3-12-9(5)6/h2-4,11H,1H3. The first-order chi connectivity index (χ1) is 5.70. The number of phenols is 1. The van der Waals surface area contributed by atoms with Crippen LogP contribution in [0.4, 0.5) is 0 Å². The van der Waals surface area contributed by atoms with Crippen molar-refractivity contribution in [2.45, 2.75) is 6.92 Å². The molecule has 1 aromatic carbocycles. The molecule has 3 heteroatoms. The number of hydrogen-bond donors (Lipinski definition) is 1. The summed E-state index contributed by atoms with van der Waals surface area (Å²) in [6.07, 6.45) is 0. The van der Waals surface area contributed by atoms with Gasteiger partial charge in [-0.3, -0.25) is 0 Å². The van der Waals surface area contributed by atoms with Crippen LogP contribution in [0.25, 0.3) is 10.1 Å². The van der Waals surface area contributed by atoms with Gasteiger partial charge in [-0.1, -0.05) is 0 Å². The Balaban J connectivity index is 2.97. The minimum absolute atomic E-state index is 0.318. The number of hydrogen-bond acceptors (Lipinski definition) is 2. The predicted octanol–water partition coefficient (Wildman–Crippen LogP) is 3.68. The van der Waals surface area contributed by atoms with Crippen LogP contribution in [0.2, 0.25) is 0 Å². The second-order valence-corrected chi connectivity index (χ2v) is 4.40. The lowest BCUT2D eigenvalue weighted by Crippen LogP contribution is -1.75. The zero-order valence-electron chi connectivity index (χ0n) is 6.47. The predicted molar refractivity (Wildman–Crippen MR) is 55.9 cm³/mol. The van der Waals surface area contributed by atoms with Crippen LogP contribution in [-0.2, 0) is 0 Å². The maximum Gasteiger partial charge on any atom is 0.130 e. The van der Waals surface area contributed by atoms with E-state index in [1.165, 1.54) is 4.70 Å². The Morgan fingerprint density at radius 3 is 3.00 bits per heavy atom. The highest BCUT2D eigenvalue weighted by Crippen LogP contribution is 2.37. The number of thiophene rings is 1. The van der Waals surface area contributed by atoms with Crippen LogP contribution in [0.15, 0.2) is 22.0 Å². The van der Waals surface area contributed by atoms with Gasteiger partial charge in [-0.25, -0.2) is 0 Å². The molecule has 0 amide bonds. The van der Waals surface area contributed by atoms with Crippen molar-refractivity contribution in [1.29, 1.82) is 0 Å². The first kappa shape index (κ1) is 8.08. The average Bonchev–Trinajstić information content (AvgIpc) is 2.48. The van der Waals surface area contributed by atoms with Gasteiger partial charge in [0, 0.05) is 10.1 Å². The molecule has 0 saturated heterocycles. The van der Waals surface area contributed by atoms with E-state index in [-0.39, 0.29) is 0 Å². The van der Waals surface area contributed by atoms with Gasteiger partial charge in [-0.2, -0.15) is 0 Å². The molecule has 0 aliphatic heterocycles. The first-order valence-corrected chi connectivity index (χ1v) is 5.22. The van der Waals surface area contributed by atoms with Crippen molar-refractivity contribution in [1.82, 2.24) is 0 Å². The van der Waals surface area contributed by atoms with E-state index in [0.717, 1.165) is 15.4 Å². The molecule has 2 aromatic rings. The molecule has 12 heavy (non-hydrogen) atoms. The van der Waals surface area contributed by atoms with Crippen LogP contribution in [0.3, 0.4) is 0 Å². The topological polar surface area (TPSA) is 20.2 Å². The number of rotatable bonds is 0. The third-order valence-corrected chi connectivity index (χ3v) is 3.72. The molecule has 62 valence electrons. The second kappa shape index (κ2) is 2.75. The molecule has 0 spiro atoms. The van der Waals surface area contributed by atoms with Crippen molar-refractivity contribution in [3.05, 3.63) is 27.5 Å². The number of halogens is 1. The summed E-state index contributed by atoms with van der Waals surface area (Å²) < 4.78 is 2.03. The summed E-state index contributed by atoms with van der Waals surface area (Å²) in [5.41, 5.74) is 1.13. The number of phenolic OH excluding ortho intramolecular Hbond substituents is 1. The number of fused-ring (bicyclic) bond motifs is 1. The number of aryl methyl sites for hydroxylation is 1. The van der Waals surface area contributed by atoms with E-state index in [0.29, 0.717) is 5.75 Å². The summed E-state index contributed by atoms with van der Waals surface area (Å²) in [7, 11) is 0. The Hall–Kier alpha value is -0.540. The maximum absolute atomic E-state index is 9.47. The SMILES string of the molecule is Cc1cc(O)c(Br)c2ccsc12. The molecule has 1 heterocycles. The fourth-order valence-electron chi connectivity index (χ4n) is 1.26. The summed E-state index contributed by atoms with van der Waals surface area (Å²) in [5.74, 6) is 0.318. The van der Waals surface area contributed by atoms with Crippen LogP contribution in [0.5, 0.6) is 5.75 Å². The lowest BCUT2D eigenvalue weighted by molar-refractivity contribution is 0.472. The fraction of sp³-hybridized carbons (Fsp3) is 0.111. The van der Waals surface area contributed by atoms with Crippen molar-refractivity contribution in [2.24, 2.45) is 0 Å². The van der Waals surface area contributed by atoms with Gasteiger partial charge in [0.15, 0.2) is 0 Å². The number of benzene rings is 1. The molecule has 0 aliphatic rings. The lowest BCUT2D eigenvalue weighted by atomic mass is 10.2. The van der Waals surface area contributed by atoms with Gasteiger partial charge in [-0.15, -0.1) is 11.3 Å². The quantitative estimate of drug-likeness (QED) is 0.748. The van der Waals surface area contributed by atoms with E-state index < -0.39 is 0 Å². The third-order valence-electron chi connectivity index (χ3n) is 1.84. The third kappa shape index (κ3) is 1.04. The largest absolute Gasteiger partial charge is 0.507 e. The van der Waals surface area contributed by atoms with E-state index in [9.17, 15) is 5.11 Å². The first-order valence-electron chi connectivity index (χ1n) is 3.55. The van der Waals surface area contributed by atoms with Gasteiger partial charge in [0.2, 0.25) is 0 Å². The molecule has 0 saturated carbocycles. The normalized spacial score (nSPS) is 10.8. The molecular weight excluding hydrogens is 236 g/mol. The molecule has 0 radical (unpaired) electrons. The van der Waals surface area contributed by atoms with E-state index in [1.807, 2.05) is 18.4 Å². The molecule has 1 N–H and O–H groups in total. The maximum atomic E-state index is 9.47. The molecule has 0 aliphatic carbocycles. The van der Waals surface area contributed by atoms with Crippen LogP contribution in [-0.4, -0.2) is 5.11 Å². The molecule has 2 rings (SSSR count). The zero-order chi connectivity index (χ0) is 8.72. The Morgan fingerprint density at radius 1 is 1.50 bits per heavy atom. The summed E-state index contributed by atoms with van der Waals surface area (Å²) in [5, 5.41) is 12.6. The Kier molecular flexibility index (Phi) is 1.85. The molecular formula is C9H7BrOS. The Bertz CT molecular complexity index is 433. The Morgan fingerprint density at radius 2 is 2.25 bits per heavy atom. The highest BCUT2D eigenvalue weighted by atomic mass is 79.9. The second-order valence-electron chi connectivity index (χ2n) is 2.69. The van der Waals surface area contributed by atoms with Gasteiger partial charge in [0.1, 0.15) is 5.75 Å². The minimum atomic E-state index is 0.318.